The van der Waals surface area contributed by atoms with Crippen LogP contribution in [0.2, 0.25) is 0 Å². The van der Waals surface area contributed by atoms with E-state index >= 15 is 0 Å². The molecule has 0 aromatic rings. The zero-order valence-corrected chi connectivity index (χ0v) is 11.3. The molecule has 32 valence electrons. The number of nitrogens with one attached hydrogen (secondary N) is 2. The van der Waals surface area contributed by atoms with E-state index in [1.165, 1.54) is 0 Å². The van der Waals surface area contributed by atoms with Crippen molar-refractivity contribution < 1.29 is 111 Å². The largest absolute Gasteiger partial charge is 1.00 e. The van der Waals surface area contributed by atoms with Gasteiger partial charge < -0.3 is 10.3 Å². The Bertz CT molecular complexity index is 96.9. The van der Waals surface area contributed by atoms with Crippen LogP contribution in [0.5, 0.6) is 0 Å². The summed E-state index contributed by atoms with van der Waals surface area (Å²) in [4.78, 5) is 0. The first-order chi connectivity index (χ1) is 2.00. The van der Waals surface area contributed by atoms with E-state index in [0.717, 1.165) is 0 Å². The molecule has 0 saturated heterocycles. The van der Waals surface area contributed by atoms with E-state index in [2.05, 4.69) is 0 Å². The van der Waals surface area contributed by atoms with Crippen molar-refractivity contribution in [3.05, 3.63) is 10.3 Å². The molecule has 0 aliphatic heterocycles. The Balaban J connectivity index is -0.0000000800. The van der Waals surface area contributed by atoms with Gasteiger partial charge in [-0.2, -0.15) is 0 Å². The van der Waals surface area contributed by atoms with Crippen molar-refractivity contribution in [1.29, 1.82) is 0 Å². The topological polar surface area (TPSA) is 81.7 Å². The molecule has 0 bridgehead atoms. The summed E-state index contributed by atoms with van der Waals surface area (Å²) >= 11 is 0. The third-order valence-corrected chi connectivity index (χ3v) is 0. The zero-order chi connectivity index (χ0) is 4.50. The SMILES string of the molecule is [K+].[K+].[NH-]S([NH-])(=O)=O. The molecule has 0 rings (SSSR count). The Kier molecular flexibility index (Phi) is 17.2. The van der Waals surface area contributed by atoms with E-state index in [1.54, 1.807) is 0 Å². The molecule has 2 N–H and O–H groups in total. The molecule has 0 amide bonds. The van der Waals surface area contributed by atoms with Gasteiger partial charge in [0.25, 0.3) is 0 Å². The maximum atomic E-state index is 8.97. The van der Waals surface area contributed by atoms with Crippen molar-refractivity contribution in [2.75, 3.05) is 0 Å². The minimum absolute atomic E-state index is 0. The van der Waals surface area contributed by atoms with Crippen molar-refractivity contribution >= 4 is 10.2 Å². The van der Waals surface area contributed by atoms with Gasteiger partial charge in [0.15, 0.2) is 0 Å². The Morgan fingerprint density at radius 1 is 1.00 bits per heavy atom. The number of hydrogen-bond donors (Lipinski definition) is 0. The van der Waals surface area contributed by atoms with Gasteiger partial charge in [-0.05, 0) is 10.2 Å². The van der Waals surface area contributed by atoms with Crippen LogP contribution in [0.4, 0.5) is 0 Å². The second-order valence-corrected chi connectivity index (χ2v) is 1.51. The van der Waals surface area contributed by atoms with E-state index in [9.17, 15) is 0 Å². The third kappa shape index (κ3) is 47.2. The molecule has 0 aromatic carbocycles. The fourth-order valence-corrected chi connectivity index (χ4v) is 0. The van der Waals surface area contributed by atoms with Gasteiger partial charge in [0.2, 0.25) is 0 Å². The zero-order valence-electron chi connectivity index (χ0n) is 4.22. The predicted molar refractivity (Wildman–Crippen MR) is 17.6 cm³/mol. The summed E-state index contributed by atoms with van der Waals surface area (Å²) in [5.41, 5.74) is 0. The second kappa shape index (κ2) is 7.25. The number of rotatable bonds is 0. The molecule has 0 fully saturated rings. The van der Waals surface area contributed by atoms with Gasteiger partial charge in [-0.3, -0.25) is 8.42 Å². The monoisotopic (exact) mass is 172 g/mol. The first kappa shape index (κ1) is 16.6. The van der Waals surface area contributed by atoms with Crippen LogP contribution in [-0.4, -0.2) is 8.42 Å². The summed E-state index contributed by atoms with van der Waals surface area (Å²) < 4.78 is 17.9. The average molecular weight is 172 g/mol. The molecule has 7 heavy (non-hydrogen) atoms. The first-order valence-corrected chi connectivity index (χ1v) is 2.22. The smallest absolute Gasteiger partial charge is 0.582 e. The summed E-state index contributed by atoms with van der Waals surface area (Å²) in [5.74, 6) is 0. The van der Waals surface area contributed by atoms with Crippen LogP contribution in [0.15, 0.2) is 0 Å². The van der Waals surface area contributed by atoms with Crippen molar-refractivity contribution in [3.8, 4) is 0 Å². The maximum absolute atomic E-state index is 8.97. The Labute approximate surface area is 128 Å². The maximum Gasteiger partial charge on any atom is 1.00 e. The molecule has 0 unspecified atom stereocenters. The van der Waals surface area contributed by atoms with E-state index in [-0.39, 0.29) is 103 Å². The van der Waals surface area contributed by atoms with Crippen LogP contribution >= 0.6 is 0 Å². The molecule has 0 aliphatic carbocycles. The van der Waals surface area contributed by atoms with Gasteiger partial charge in [0, 0.05) is 0 Å². The fraction of sp³-hybridized carbons (Fsp3) is 0. The molecule has 0 heterocycles. The molecule has 7 heteroatoms. The molecule has 0 spiro atoms. The van der Waals surface area contributed by atoms with Gasteiger partial charge in [-0.15, -0.1) is 0 Å². The van der Waals surface area contributed by atoms with Crippen LogP contribution in [-0.2, 0) is 10.2 Å². The summed E-state index contributed by atoms with van der Waals surface area (Å²) in [7, 11) is -4.17. The Hall–Kier alpha value is 3.14. The molecule has 4 nitrogen and oxygen atoms in total. The van der Waals surface area contributed by atoms with Crippen molar-refractivity contribution in [2.45, 2.75) is 0 Å². The van der Waals surface area contributed by atoms with E-state index < -0.39 is 10.2 Å². The van der Waals surface area contributed by atoms with Gasteiger partial charge in [-0.1, -0.05) is 0 Å². The standard InChI is InChI=1S/2K.H2N2O2S/c;;1-5(2,3)4/h;;(H2-2,1,2,3,4)/q2*+1;-2. The summed E-state index contributed by atoms with van der Waals surface area (Å²) in [5, 5.41) is 11.2. The van der Waals surface area contributed by atoms with E-state index in [1.807, 2.05) is 0 Å². The van der Waals surface area contributed by atoms with Gasteiger partial charge >= 0.3 is 103 Å². The molecular formula is H2K2N2O2S. The van der Waals surface area contributed by atoms with Crippen LogP contribution in [0.3, 0.4) is 0 Å². The fourth-order valence-electron chi connectivity index (χ4n) is 0. The third-order valence-electron chi connectivity index (χ3n) is 0. The summed E-state index contributed by atoms with van der Waals surface area (Å²) in [6.45, 7) is 0. The van der Waals surface area contributed by atoms with Crippen molar-refractivity contribution in [3.63, 3.8) is 0 Å². The summed E-state index contributed by atoms with van der Waals surface area (Å²) in [6.07, 6.45) is 0. The molecular weight excluding hydrogens is 170 g/mol. The quantitative estimate of drug-likeness (QED) is 0.341. The predicted octanol–water partition coefficient (Wildman–Crippen LogP) is -5.66. The Morgan fingerprint density at radius 3 is 1.00 bits per heavy atom. The van der Waals surface area contributed by atoms with E-state index in [4.69, 9.17) is 18.7 Å². The van der Waals surface area contributed by atoms with E-state index in [0.29, 0.717) is 0 Å². The number of hydrogen-bond acceptors (Lipinski definition) is 2. The van der Waals surface area contributed by atoms with Crippen LogP contribution < -0.4 is 103 Å². The molecule has 0 saturated carbocycles. The van der Waals surface area contributed by atoms with Gasteiger partial charge in [-0.25, -0.2) is 0 Å². The first-order valence-electron chi connectivity index (χ1n) is 0.742. The minimum atomic E-state index is -4.17. The van der Waals surface area contributed by atoms with Crippen molar-refractivity contribution in [2.24, 2.45) is 0 Å². The molecule has 0 radical (unpaired) electrons. The molecule has 0 aromatic heterocycles. The van der Waals surface area contributed by atoms with Crippen LogP contribution in [0.1, 0.15) is 0 Å². The van der Waals surface area contributed by atoms with Crippen LogP contribution in [0, 0.1) is 0 Å². The summed E-state index contributed by atoms with van der Waals surface area (Å²) in [6, 6.07) is 0. The molecule has 0 aliphatic rings. The average Bonchev–Trinajstić information content (AvgIpc) is 0.722. The van der Waals surface area contributed by atoms with Gasteiger partial charge in [0.05, 0.1) is 0 Å². The normalized spacial score (nSPS) is 8.29. The second-order valence-electron chi connectivity index (χ2n) is 0.503. The molecule has 0 atom stereocenters. The van der Waals surface area contributed by atoms with Crippen molar-refractivity contribution in [1.82, 2.24) is 0 Å². The minimum Gasteiger partial charge on any atom is -0.582 e. The Morgan fingerprint density at radius 2 is 1.00 bits per heavy atom. The van der Waals surface area contributed by atoms with Gasteiger partial charge in [0.1, 0.15) is 0 Å². The van der Waals surface area contributed by atoms with Crippen LogP contribution in [0.25, 0.3) is 10.3 Å².